The van der Waals surface area contributed by atoms with Gasteiger partial charge in [-0.3, -0.25) is 4.79 Å². The molecule has 0 aromatic rings. The number of unbranched alkanes of at least 4 members (excludes halogenated alkanes) is 6. The predicted octanol–water partition coefficient (Wildman–Crippen LogP) is 6.14. The summed E-state index contributed by atoms with van der Waals surface area (Å²) < 4.78 is 11.3. The van der Waals surface area contributed by atoms with Crippen LogP contribution in [0.2, 0.25) is 18.1 Å². The van der Waals surface area contributed by atoms with E-state index in [4.69, 9.17) is 4.43 Å². The number of hydrogen-bond donors (Lipinski definition) is 2. The van der Waals surface area contributed by atoms with E-state index in [2.05, 4.69) is 45.5 Å². The molecule has 2 N–H and O–H groups in total. The van der Waals surface area contributed by atoms with Gasteiger partial charge in [0.05, 0.1) is 25.4 Å². The molecule has 0 heterocycles. The van der Waals surface area contributed by atoms with Crippen LogP contribution in [0.4, 0.5) is 0 Å². The molecule has 0 aromatic heterocycles. The van der Waals surface area contributed by atoms with E-state index in [0.29, 0.717) is 12.8 Å². The van der Waals surface area contributed by atoms with Crippen LogP contribution in [-0.2, 0) is 14.0 Å². The largest absolute Gasteiger partial charge is 0.469 e. The summed E-state index contributed by atoms with van der Waals surface area (Å²) in [7, 11) is -0.508. The highest BCUT2D eigenvalue weighted by Gasteiger charge is 2.38. The van der Waals surface area contributed by atoms with Gasteiger partial charge in [0.25, 0.3) is 0 Å². The Kier molecular flexibility index (Phi) is 15.6. The van der Waals surface area contributed by atoms with E-state index in [-0.39, 0.29) is 17.1 Å². The Morgan fingerprint density at radius 1 is 0.935 bits per heavy atom. The average molecular weight is 459 g/mol. The zero-order valence-corrected chi connectivity index (χ0v) is 22.3. The Bertz CT molecular complexity index is 499. The van der Waals surface area contributed by atoms with Gasteiger partial charge < -0.3 is 19.4 Å². The summed E-state index contributed by atoms with van der Waals surface area (Å²) in [6.45, 7) is 13.3. The maximum Gasteiger partial charge on any atom is 0.305 e. The van der Waals surface area contributed by atoms with Crippen molar-refractivity contribution in [1.29, 1.82) is 0 Å². The number of carbonyl (C=O) groups is 1. The van der Waals surface area contributed by atoms with E-state index in [1.54, 1.807) is 6.08 Å². The Balaban J connectivity index is 4.70. The monoisotopic (exact) mass is 458 g/mol. The minimum atomic E-state index is -1.94. The Morgan fingerprint density at radius 3 is 2.10 bits per heavy atom. The standard InChI is InChI=1S/C25H50O5Si/c1-8-9-13-17-22(26)23(27)20-19-21(30-31(6,7)25(2,3)4)16-14-11-10-12-15-18-24(28)29-5/h19-23,26-27H,8-18H2,1-7H3/b20-19+/t21-,22-,23-/m0/s1. The summed E-state index contributed by atoms with van der Waals surface area (Å²) in [6.07, 6.45) is 12.3. The summed E-state index contributed by atoms with van der Waals surface area (Å²) in [5.74, 6) is -0.136. The number of hydrogen-bond acceptors (Lipinski definition) is 5. The summed E-state index contributed by atoms with van der Waals surface area (Å²) in [6, 6.07) is 0. The van der Waals surface area contributed by atoms with E-state index in [0.717, 1.165) is 57.8 Å². The molecular weight excluding hydrogens is 408 g/mol. The molecule has 0 saturated carbocycles. The minimum absolute atomic E-state index is 0.0477. The van der Waals surface area contributed by atoms with Crippen LogP contribution in [0.25, 0.3) is 0 Å². The summed E-state index contributed by atoms with van der Waals surface area (Å²) in [5.41, 5.74) is 0. The molecule has 5 nitrogen and oxygen atoms in total. The second-order valence-electron chi connectivity index (χ2n) is 10.2. The SMILES string of the molecule is CCCCC[C@H](O)[C@@H](O)/C=C/[C@H](CCCCCCCC(=O)OC)O[Si](C)(C)C(C)(C)C. The molecule has 6 heteroatoms. The van der Waals surface area contributed by atoms with Crippen molar-refractivity contribution in [2.75, 3.05) is 7.11 Å². The molecule has 3 atom stereocenters. The lowest BCUT2D eigenvalue weighted by Crippen LogP contribution is -2.43. The second kappa shape index (κ2) is 16.0. The first-order valence-corrected chi connectivity index (χ1v) is 15.1. The molecule has 0 rings (SSSR count). The van der Waals surface area contributed by atoms with Crippen LogP contribution in [0.3, 0.4) is 0 Å². The second-order valence-corrected chi connectivity index (χ2v) is 15.0. The highest BCUT2D eigenvalue weighted by molar-refractivity contribution is 6.74. The molecule has 0 aliphatic heterocycles. The molecule has 0 aromatic carbocycles. The number of aliphatic hydroxyl groups excluding tert-OH is 2. The number of aliphatic hydroxyl groups is 2. The quantitative estimate of drug-likeness (QED) is 0.118. The van der Waals surface area contributed by atoms with E-state index in [9.17, 15) is 15.0 Å². The highest BCUT2D eigenvalue weighted by Crippen LogP contribution is 2.38. The zero-order valence-electron chi connectivity index (χ0n) is 21.3. The summed E-state index contributed by atoms with van der Waals surface area (Å²) in [4.78, 5) is 11.2. The van der Waals surface area contributed by atoms with Crippen molar-refractivity contribution in [3.8, 4) is 0 Å². The number of ether oxygens (including phenoxy) is 1. The normalized spacial score (nSPS) is 15.8. The first-order chi connectivity index (χ1) is 14.4. The first-order valence-electron chi connectivity index (χ1n) is 12.2. The maximum atomic E-state index is 11.2. The van der Waals surface area contributed by atoms with Gasteiger partial charge in [-0.05, 0) is 37.4 Å². The fourth-order valence-corrected chi connectivity index (χ4v) is 4.44. The fraction of sp³-hybridized carbons (Fsp3) is 0.880. The highest BCUT2D eigenvalue weighted by atomic mass is 28.4. The van der Waals surface area contributed by atoms with Crippen molar-refractivity contribution in [3.05, 3.63) is 12.2 Å². The van der Waals surface area contributed by atoms with Crippen LogP contribution in [-0.4, -0.2) is 49.9 Å². The number of rotatable bonds is 17. The average Bonchev–Trinajstić information content (AvgIpc) is 2.69. The Morgan fingerprint density at radius 2 is 1.52 bits per heavy atom. The van der Waals surface area contributed by atoms with Gasteiger partial charge in [0.2, 0.25) is 0 Å². The molecule has 0 aliphatic carbocycles. The molecular formula is C25H50O5Si. The van der Waals surface area contributed by atoms with Crippen LogP contribution in [0, 0.1) is 0 Å². The molecule has 0 radical (unpaired) electrons. The van der Waals surface area contributed by atoms with Crippen molar-refractivity contribution in [2.45, 2.75) is 135 Å². The molecule has 0 fully saturated rings. The third-order valence-electron chi connectivity index (χ3n) is 6.37. The third-order valence-corrected chi connectivity index (χ3v) is 10.9. The van der Waals surface area contributed by atoms with Gasteiger partial charge in [0.15, 0.2) is 8.32 Å². The van der Waals surface area contributed by atoms with E-state index < -0.39 is 20.5 Å². The van der Waals surface area contributed by atoms with Crippen LogP contribution in [0.15, 0.2) is 12.2 Å². The van der Waals surface area contributed by atoms with E-state index >= 15 is 0 Å². The molecule has 31 heavy (non-hydrogen) atoms. The molecule has 0 bridgehead atoms. The smallest absolute Gasteiger partial charge is 0.305 e. The van der Waals surface area contributed by atoms with Crippen LogP contribution < -0.4 is 0 Å². The van der Waals surface area contributed by atoms with Gasteiger partial charge in [0.1, 0.15) is 0 Å². The number of carbonyl (C=O) groups excluding carboxylic acids is 1. The fourth-order valence-electron chi connectivity index (χ4n) is 3.14. The van der Waals surface area contributed by atoms with Crippen molar-refractivity contribution < 1.29 is 24.2 Å². The van der Waals surface area contributed by atoms with Crippen LogP contribution in [0.1, 0.15) is 98.3 Å². The van der Waals surface area contributed by atoms with E-state index in [1.807, 2.05) is 6.08 Å². The van der Waals surface area contributed by atoms with Gasteiger partial charge in [-0.2, -0.15) is 0 Å². The molecule has 0 amide bonds. The lowest BCUT2D eigenvalue weighted by molar-refractivity contribution is -0.140. The van der Waals surface area contributed by atoms with E-state index in [1.165, 1.54) is 7.11 Å². The number of esters is 1. The Labute approximate surface area is 192 Å². The number of methoxy groups -OCH3 is 1. The predicted molar refractivity (Wildman–Crippen MR) is 132 cm³/mol. The van der Waals surface area contributed by atoms with Crippen molar-refractivity contribution in [2.24, 2.45) is 0 Å². The lowest BCUT2D eigenvalue weighted by Gasteiger charge is -2.38. The molecule has 0 saturated heterocycles. The van der Waals surface area contributed by atoms with Gasteiger partial charge in [-0.15, -0.1) is 0 Å². The van der Waals surface area contributed by atoms with Crippen LogP contribution >= 0.6 is 0 Å². The van der Waals surface area contributed by atoms with Gasteiger partial charge in [0, 0.05) is 6.42 Å². The summed E-state index contributed by atoms with van der Waals surface area (Å²) in [5, 5.41) is 20.7. The van der Waals surface area contributed by atoms with Crippen molar-refractivity contribution in [1.82, 2.24) is 0 Å². The summed E-state index contributed by atoms with van der Waals surface area (Å²) >= 11 is 0. The van der Waals surface area contributed by atoms with Gasteiger partial charge >= 0.3 is 5.97 Å². The van der Waals surface area contributed by atoms with Gasteiger partial charge in [-0.1, -0.05) is 84.8 Å². The third kappa shape index (κ3) is 14.1. The van der Waals surface area contributed by atoms with Crippen LogP contribution in [0.5, 0.6) is 0 Å². The van der Waals surface area contributed by atoms with Crippen molar-refractivity contribution in [3.63, 3.8) is 0 Å². The maximum absolute atomic E-state index is 11.2. The molecule has 0 spiro atoms. The zero-order chi connectivity index (χ0) is 23.9. The van der Waals surface area contributed by atoms with Crippen molar-refractivity contribution >= 4 is 14.3 Å². The minimum Gasteiger partial charge on any atom is -0.469 e. The molecule has 0 unspecified atom stereocenters. The lowest BCUT2D eigenvalue weighted by atomic mass is 10.0. The first kappa shape index (κ1) is 30.3. The van der Waals surface area contributed by atoms with Gasteiger partial charge in [-0.25, -0.2) is 0 Å². The topological polar surface area (TPSA) is 76.0 Å². The molecule has 184 valence electrons. The Hall–Kier alpha value is -0.693. The molecule has 0 aliphatic rings.